The van der Waals surface area contributed by atoms with Crippen LogP contribution in [0.1, 0.15) is 0 Å². The maximum absolute atomic E-state index is 5.87. The van der Waals surface area contributed by atoms with E-state index in [0.717, 1.165) is 20.4 Å². The summed E-state index contributed by atoms with van der Waals surface area (Å²) in [5.41, 5.74) is 1.01. The minimum Gasteiger partial charge on any atom is -0.354 e. The first kappa shape index (κ1) is 8.78. The van der Waals surface area contributed by atoms with Crippen LogP contribution in [0.25, 0.3) is 10.2 Å². The summed E-state index contributed by atoms with van der Waals surface area (Å²) in [4.78, 5) is 6.44. The van der Waals surface area contributed by atoms with Crippen LogP contribution in [0.4, 0.5) is 5.13 Å². The second-order valence-corrected chi connectivity index (χ2v) is 4.45. The van der Waals surface area contributed by atoms with Crippen molar-refractivity contribution in [1.29, 1.82) is 0 Å². The molecule has 0 spiro atoms. The molecule has 2 nitrogen and oxygen atoms in total. The highest BCUT2D eigenvalue weighted by Crippen LogP contribution is 2.29. The van der Waals surface area contributed by atoms with Crippen LogP contribution in [0.2, 0.25) is 5.02 Å². The van der Waals surface area contributed by atoms with Crippen LogP contribution in [0, 0.1) is 0 Å². The summed E-state index contributed by atoms with van der Waals surface area (Å²) in [7, 11) is 3.97. The topological polar surface area (TPSA) is 16.1 Å². The van der Waals surface area contributed by atoms with Crippen LogP contribution in [-0.4, -0.2) is 19.1 Å². The molecule has 0 saturated heterocycles. The van der Waals surface area contributed by atoms with E-state index < -0.39 is 0 Å². The van der Waals surface area contributed by atoms with E-state index in [0.29, 0.717) is 0 Å². The summed E-state index contributed by atoms with van der Waals surface area (Å²) < 4.78 is 1.14. The standard InChI is InChI=1S/C9H9ClN2S/c1-12(2)9-11-7-4-3-6(10)5-8(7)13-9/h3-5H,1-2H3. The summed E-state index contributed by atoms with van der Waals surface area (Å²) >= 11 is 7.52. The van der Waals surface area contributed by atoms with Crippen molar-refractivity contribution in [2.45, 2.75) is 0 Å². The van der Waals surface area contributed by atoms with Crippen molar-refractivity contribution in [2.24, 2.45) is 0 Å². The summed E-state index contributed by atoms with van der Waals surface area (Å²) in [5.74, 6) is 0. The van der Waals surface area contributed by atoms with Gasteiger partial charge >= 0.3 is 0 Å². The Labute approximate surface area is 85.8 Å². The van der Waals surface area contributed by atoms with Crippen LogP contribution in [-0.2, 0) is 0 Å². The van der Waals surface area contributed by atoms with E-state index in [1.54, 1.807) is 11.3 Å². The van der Waals surface area contributed by atoms with E-state index in [4.69, 9.17) is 11.6 Å². The smallest absolute Gasteiger partial charge is 0.185 e. The number of hydrogen-bond acceptors (Lipinski definition) is 3. The van der Waals surface area contributed by atoms with Crippen LogP contribution in [0.3, 0.4) is 0 Å². The van der Waals surface area contributed by atoms with Gasteiger partial charge in [-0.15, -0.1) is 0 Å². The fourth-order valence-corrected chi connectivity index (χ4v) is 2.24. The number of thiazole rings is 1. The highest BCUT2D eigenvalue weighted by Gasteiger charge is 2.04. The molecular weight excluding hydrogens is 204 g/mol. The lowest BCUT2D eigenvalue weighted by atomic mass is 10.3. The molecule has 0 aliphatic rings. The second-order valence-electron chi connectivity index (χ2n) is 3.00. The number of aromatic nitrogens is 1. The molecule has 0 atom stereocenters. The molecule has 2 aromatic rings. The molecule has 2 rings (SSSR count). The molecule has 0 aliphatic carbocycles. The molecule has 68 valence electrons. The van der Waals surface area contributed by atoms with Gasteiger partial charge in [-0.1, -0.05) is 22.9 Å². The molecule has 0 saturated carbocycles. The first-order valence-electron chi connectivity index (χ1n) is 3.90. The lowest BCUT2D eigenvalue weighted by Gasteiger charge is -2.04. The van der Waals surface area contributed by atoms with E-state index in [-0.39, 0.29) is 0 Å². The van der Waals surface area contributed by atoms with Gasteiger partial charge in [0.1, 0.15) is 0 Å². The van der Waals surface area contributed by atoms with Crippen molar-refractivity contribution in [3.05, 3.63) is 23.2 Å². The number of nitrogens with zero attached hydrogens (tertiary/aromatic N) is 2. The molecule has 0 unspecified atom stereocenters. The molecule has 13 heavy (non-hydrogen) atoms. The van der Waals surface area contributed by atoms with Crippen molar-refractivity contribution in [3.8, 4) is 0 Å². The number of hydrogen-bond donors (Lipinski definition) is 0. The van der Waals surface area contributed by atoms with Crippen LogP contribution in [0.5, 0.6) is 0 Å². The van der Waals surface area contributed by atoms with Crippen molar-refractivity contribution < 1.29 is 0 Å². The number of anilines is 1. The zero-order valence-corrected chi connectivity index (χ0v) is 8.99. The normalized spacial score (nSPS) is 10.7. The van der Waals surface area contributed by atoms with Crippen molar-refractivity contribution in [3.63, 3.8) is 0 Å². The Morgan fingerprint density at radius 2 is 2.15 bits per heavy atom. The summed E-state index contributed by atoms with van der Waals surface area (Å²) in [6.45, 7) is 0. The fourth-order valence-electron chi connectivity index (χ4n) is 1.08. The Kier molecular flexibility index (Phi) is 2.14. The number of benzene rings is 1. The first-order chi connectivity index (χ1) is 6.16. The van der Waals surface area contributed by atoms with E-state index in [1.807, 2.05) is 37.2 Å². The van der Waals surface area contributed by atoms with E-state index >= 15 is 0 Å². The van der Waals surface area contributed by atoms with Crippen LogP contribution >= 0.6 is 22.9 Å². The average Bonchev–Trinajstić information content (AvgIpc) is 2.46. The molecule has 1 aromatic heterocycles. The van der Waals surface area contributed by atoms with Crippen molar-refractivity contribution in [2.75, 3.05) is 19.0 Å². The largest absolute Gasteiger partial charge is 0.354 e. The van der Waals surface area contributed by atoms with Gasteiger partial charge in [0.05, 0.1) is 10.2 Å². The van der Waals surface area contributed by atoms with Crippen LogP contribution in [0.15, 0.2) is 18.2 Å². The first-order valence-corrected chi connectivity index (χ1v) is 5.09. The number of halogens is 1. The van der Waals surface area contributed by atoms with Gasteiger partial charge in [-0.05, 0) is 18.2 Å². The SMILES string of the molecule is CN(C)c1nc2ccc(Cl)cc2s1. The molecule has 0 fully saturated rings. The maximum Gasteiger partial charge on any atom is 0.185 e. The number of rotatable bonds is 1. The third-order valence-electron chi connectivity index (χ3n) is 1.72. The summed E-state index contributed by atoms with van der Waals surface area (Å²) in [6, 6.07) is 5.76. The van der Waals surface area contributed by atoms with Gasteiger partial charge in [-0.3, -0.25) is 0 Å². The van der Waals surface area contributed by atoms with Gasteiger partial charge in [0.2, 0.25) is 0 Å². The minimum atomic E-state index is 0.765. The van der Waals surface area contributed by atoms with Gasteiger partial charge < -0.3 is 4.90 Å². The Morgan fingerprint density at radius 3 is 2.85 bits per heavy atom. The highest BCUT2D eigenvalue weighted by atomic mass is 35.5. The summed E-state index contributed by atoms with van der Waals surface area (Å²) in [6.07, 6.45) is 0. The Morgan fingerprint density at radius 1 is 1.38 bits per heavy atom. The molecule has 0 N–H and O–H groups in total. The van der Waals surface area contributed by atoms with Crippen LogP contribution < -0.4 is 4.90 Å². The Bertz CT molecular complexity index is 436. The molecule has 1 heterocycles. The second kappa shape index (κ2) is 3.16. The number of fused-ring (bicyclic) bond motifs is 1. The Hall–Kier alpha value is -0.800. The Balaban J connectivity index is 2.62. The van der Waals surface area contributed by atoms with E-state index in [2.05, 4.69) is 4.98 Å². The molecule has 1 aromatic carbocycles. The van der Waals surface area contributed by atoms with Gasteiger partial charge in [0.15, 0.2) is 5.13 Å². The summed E-state index contributed by atoms with van der Waals surface area (Å²) in [5, 5.41) is 1.78. The van der Waals surface area contributed by atoms with Crippen molar-refractivity contribution in [1.82, 2.24) is 4.98 Å². The predicted molar refractivity (Wildman–Crippen MR) is 59.0 cm³/mol. The third kappa shape index (κ3) is 1.62. The molecular formula is C9H9ClN2S. The van der Waals surface area contributed by atoms with Gasteiger partial charge in [-0.2, -0.15) is 0 Å². The molecule has 0 bridgehead atoms. The third-order valence-corrected chi connectivity index (χ3v) is 3.14. The minimum absolute atomic E-state index is 0.765. The molecule has 0 radical (unpaired) electrons. The van der Waals surface area contributed by atoms with E-state index in [1.165, 1.54) is 0 Å². The molecule has 0 amide bonds. The van der Waals surface area contributed by atoms with E-state index in [9.17, 15) is 0 Å². The lowest BCUT2D eigenvalue weighted by molar-refractivity contribution is 1.11. The van der Waals surface area contributed by atoms with Gasteiger partial charge in [-0.25, -0.2) is 4.98 Å². The lowest BCUT2D eigenvalue weighted by Crippen LogP contribution is -2.07. The predicted octanol–water partition coefficient (Wildman–Crippen LogP) is 3.02. The fraction of sp³-hybridized carbons (Fsp3) is 0.222. The monoisotopic (exact) mass is 212 g/mol. The van der Waals surface area contributed by atoms with Gasteiger partial charge in [0.25, 0.3) is 0 Å². The highest BCUT2D eigenvalue weighted by molar-refractivity contribution is 7.22. The zero-order chi connectivity index (χ0) is 9.42. The molecule has 4 heteroatoms. The average molecular weight is 213 g/mol. The quantitative estimate of drug-likeness (QED) is 0.723. The maximum atomic E-state index is 5.87. The molecule has 0 aliphatic heterocycles. The zero-order valence-electron chi connectivity index (χ0n) is 7.41. The van der Waals surface area contributed by atoms with Crippen molar-refractivity contribution >= 4 is 38.3 Å². The van der Waals surface area contributed by atoms with Gasteiger partial charge in [0, 0.05) is 19.1 Å².